The van der Waals surface area contributed by atoms with E-state index in [2.05, 4.69) is 10.3 Å². The van der Waals surface area contributed by atoms with Gasteiger partial charge in [-0.05, 0) is 29.8 Å². The first kappa shape index (κ1) is 14.7. The predicted octanol–water partition coefficient (Wildman–Crippen LogP) is 2.69. The molecule has 0 atom stereocenters. The molecule has 1 aliphatic rings. The van der Waals surface area contributed by atoms with E-state index < -0.39 is 0 Å². The Balaban J connectivity index is 1.53. The van der Waals surface area contributed by atoms with Gasteiger partial charge in [-0.15, -0.1) is 0 Å². The molecule has 3 aromatic rings. The van der Waals surface area contributed by atoms with Crippen molar-refractivity contribution >= 4 is 10.9 Å². The maximum atomic E-state index is 12.9. The molecular weight excluding hydrogens is 311 g/mol. The van der Waals surface area contributed by atoms with Gasteiger partial charge >= 0.3 is 0 Å². The summed E-state index contributed by atoms with van der Waals surface area (Å²) in [6, 6.07) is 11.7. The zero-order valence-corrected chi connectivity index (χ0v) is 12.8. The molecular formula is C18H15FN2O3. The van der Waals surface area contributed by atoms with Crippen LogP contribution in [0.2, 0.25) is 0 Å². The number of hydrogen-bond donors (Lipinski definition) is 2. The minimum atomic E-state index is -0.261. The van der Waals surface area contributed by atoms with E-state index in [4.69, 9.17) is 9.47 Å². The monoisotopic (exact) mass is 326 g/mol. The summed E-state index contributed by atoms with van der Waals surface area (Å²) in [5, 5.41) is 4.08. The number of H-pyrrole nitrogens is 1. The zero-order chi connectivity index (χ0) is 16.5. The van der Waals surface area contributed by atoms with E-state index >= 15 is 0 Å². The second-order valence-electron chi connectivity index (χ2n) is 5.65. The van der Waals surface area contributed by atoms with E-state index in [1.54, 1.807) is 18.2 Å². The number of nitrogens with one attached hydrogen (secondary N) is 2. The van der Waals surface area contributed by atoms with Crippen LogP contribution in [0.25, 0.3) is 10.9 Å². The van der Waals surface area contributed by atoms with Gasteiger partial charge in [0.25, 0.3) is 5.56 Å². The van der Waals surface area contributed by atoms with Crippen molar-refractivity contribution in [3.05, 3.63) is 69.8 Å². The van der Waals surface area contributed by atoms with Crippen LogP contribution < -0.4 is 20.3 Å². The minimum Gasteiger partial charge on any atom is -0.454 e. The standard InChI is InChI=1S/C18H15FN2O3/c19-14-3-1-11(2-4-14)8-20-9-13-5-12-6-16-17(24-10-23-16)7-15(12)21-18(13)22/h1-7,20H,8-10H2,(H,21,22). The summed E-state index contributed by atoms with van der Waals surface area (Å²) in [6.45, 7) is 1.16. The van der Waals surface area contributed by atoms with Crippen molar-refractivity contribution in [1.82, 2.24) is 10.3 Å². The van der Waals surface area contributed by atoms with Crippen LogP contribution in [-0.2, 0) is 13.1 Å². The predicted molar refractivity (Wildman–Crippen MR) is 87.6 cm³/mol. The van der Waals surface area contributed by atoms with Gasteiger partial charge in [-0.3, -0.25) is 4.79 Å². The molecule has 4 rings (SSSR count). The van der Waals surface area contributed by atoms with E-state index in [1.807, 2.05) is 12.1 Å². The average Bonchev–Trinajstić information content (AvgIpc) is 3.02. The number of fused-ring (bicyclic) bond motifs is 2. The highest BCUT2D eigenvalue weighted by atomic mass is 19.1. The van der Waals surface area contributed by atoms with E-state index in [-0.39, 0.29) is 18.2 Å². The molecule has 0 unspecified atom stereocenters. The van der Waals surface area contributed by atoms with Crippen molar-refractivity contribution in [2.45, 2.75) is 13.1 Å². The van der Waals surface area contributed by atoms with E-state index in [1.165, 1.54) is 12.1 Å². The Morgan fingerprint density at radius 3 is 2.58 bits per heavy atom. The Kier molecular flexibility index (Phi) is 3.66. The SMILES string of the molecule is O=c1[nH]c2cc3c(cc2cc1CNCc1ccc(F)cc1)OCO3. The number of hydrogen-bond acceptors (Lipinski definition) is 4. The molecule has 0 aliphatic carbocycles. The molecule has 1 aliphatic heterocycles. The van der Waals surface area contributed by atoms with Gasteiger partial charge in [-0.1, -0.05) is 12.1 Å². The largest absolute Gasteiger partial charge is 0.454 e. The van der Waals surface area contributed by atoms with Gasteiger partial charge in [0.05, 0.1) is 5.52 Å². The lowest BCUT2D eigenvalue weighted by Crippen LogP contribution is -2.20. The summed E-state index contributed by atoms with van der Waals surface area (Å²) < 4.78 is 23.6. The normalized spacial score (nSPS) is 12.7. The van der Waals surface area contributed by atoms with E-state index in [0.717, 1.165) is 10.9 Å². The van der Waals surface area contributed by atoms with Crippen LogP contribution in [0, 0.1) is 5.82 Å². The average molecular weight is 326 g/mol. The van der Waals surface area contributed by atoms with Crippen LogP contribution in [0.3, 0.4) is 0 Å². The second-order valence-corrected chi connectivity index (χ2v) is 5.65. The Morgan fingerprint density at radius 1 is 1.04 bits per heavy atom. The minimum absolute atomic E-state index is 0.145. The molecule has 0 saturated carbocycles. The van der Waals surface area contributed by atoms with Crippen LogP contribution in [0.15, 0.2) is 47.3 Å². The molecule has 5 nitrogen and oxygen atoms in total. The zero-order valence-electron chi connectivity index (χ0n) is 12.8. The van der Waals surface area contributed by atoms with Gasteiger partial charge in [0.15, 0.2) is 11.5 Å². The third-order valence-electron chi connectivity index (χ3n) is 3.97. The molecule has 122 valence electrons. The van der Waals surface area contributed by atoms with Crippen molar-refractivity contribution in [2.24, 2.45) is 0 Å². The molecule has 0 saturated heterocycles. The van der Waals surface area contributed by atoms with Gasteiger partial charge < -0.3 is 19.8 Å². The van der Waals surface area contributed by atoms with Crippen molar-refractivity contribution < 1.29 is 13.9 Å². The van der Waals surface area contributed by atoms with Crippen molar-refractivity contribution in [3.8, 4) is 11.5 Å². The number of pyridine rings is 1. The van der Waals surface area contributed by atoms with Crippen LogP contribution in [0.1, 0.15) is 11.1 Å². The highest BCUT2D eigenvalue weighted by molar-refractivity contribution is 5.83. The topological polar surface area (TPSA) is 63.4 Å². The first-order valence-corrected chi connectivity index (χ1v) is 7.60. The van der Waals surface area contributed by atoms with Crippen molar-refractivity contribution in [3.63, 3.8) is 0 Å². The molecule has 0 spiro atoms. The molecule has 0 radical (unpaired) electrons. The Hall–Kier alpha value is -2.86. The smallest absolute Gasteiger partial charge is 0.252 e. The number of benzene rings is 2. The van der Waals surface area contributed by atoms with Crippen molar-refractivity contribution in [1.29, 1.82) is 0 Å². The number of aromatic nitrogens is 1. The summed E-state index contributed by atoms with van der Waals surface area (Å²) >= 11 is 0. The molecule has 0 bridgehead atoms. The fraction of sp³-hybridized carbons (Fsp3) is 0.167. The van der Waals surface area contributed by atoms with E-state index in [9.17, 15) is 9.18 Å². The highest BCUT2D eigenvalue weighted by Gasteiger charge is 2.15. The quantitative estimate of drug-likeness (QED) is 0.774. The molecule has 6 heteroatoms. The molecule has 1 aromatic heterocycles. The third-order valence-corrected chi connectivity index (χ3v) is 3.97. The summed E-state index contributed by atoms with van der Waals surface area (Å²) in [7, 11) is 0. The number of ether oxygens (including phenoxy) is 2. The Morgan fingerprint density at radius 2 is 1.79 bits per heavy atom. The third kappa shape index (κ3) is 2.83. The molecule has 2 heterocycles. The first-order valence-electron chi connectivity index (χ1n) is 7.60. The van der Waals surface area contributed by atoms with Gasteiger partial charge in [0.1, 0.15) is 5.82 Å². The lowest BCUT2D eigenvalue weighted by molar-refractivity contribution is 0.174. The highest BCUT2D eigenvalue weighted by Crippen LogP contribution is 2.35. The summed E-state index contributed by atoms with van der Waals surface area (Å²) in [6.07, 6.45) is 0. The van der Waals surface area contributed by atoms with Gasteiger partial charge in [-0.25, -0.2) is 4.39 Å². The first-order chi connectivity index (χ1) is 11.7. The molecule has 0 amide bonds. The maximum Gasteiger partial charge on any atom is 0.252 e. The van der Waals surface area contributed by atoms with Crippen LogP contribution in [0.5, 0.6) is 11.5 Å². The summed E-state index contributed by atoms with van der Waals surface area (Å²) in [5.41, 5.74) is 2.15. The number of halogens is 1. The number of aromatic amines is 1. The van der Waals surface area contributed by atoms with Gasteiger partial charge in [-0.2, -0.15) is 0 Å². The summed E-state index contributed by atoms with van der Waals surface area (Å²) in [5.74, 6) is 1.06. The summed E-state index contributed by atoms with van der Waals surface area (Å²) in [4.78, 5) is 15.1. The number of rotatable bonds is 4. The molecule has 2 N–H and O–H groups in total. The molecule has 24 heavy (non-hydrogen) atoms. The van der Waals surface area contributed by atoms with E-state index in [0.29, 0.717) is 35.7 Å². The fourth-order valence-corrected chi connectivity index (χ4v) is 2.72. The lowest BCUT2D eigenvalue weighted by atomic mass is 10.1. The Bertz CT molecular complexity index is 951. The van der Waals surface area contributed by atoms with Crippen LogP contribution in [0.4, 0.5) is 4.39 Å². The van der Waals surface area contributed by atoms with Crippen molar-refractivity contribution in [2.75, 3.05) is 6.79 Å². The molecule has 2 aromatic carbocycles. The van der Waals surface area contributed by atoms with Crippen LogP contribution >= 0.6 is 0 Å². The fourth-order valence-electron chi connectivity index (χ4n) is 2.72. The molecule has 0 fully saturated rings. The van der Waals surface area contributed by atoms with Gasteiger partial charge in [0, 0.05) is 30.1 Å². The second kappa shape index (κ2) is 5.98. The Labute approximate surface area is 137 Å². The van der Waals surface area contributed by atoms with Crippen LogP contribution in [-0.4, -0.2) is 11.8 Å². The van der Waals surface area contributed by atoms with Gasteiger partial charge in [0.2, 0.25) is 6.79 Å². The lowest BCUT2D eigenvalue weighted by Gasteiger charge is -2.07. The maximum absolute atomic E-state index is 12.9.